The van der Waals surface area contributed by atoms with Crippen molar-refractivity contribution in [1.29, 1.82) is 0 Å². The average molecular weight is 493 g/mol. The molecule has 0 heterocycles. The highest BCUT2D eigenvalue weighted by molar-refractivity contribution is 7.89. The molecule has 190 valence electrons. The van der Waals surface area contributed by atoms with Crippen molar-refractivity contribution < 1.29 is 26.7 Å². The van der Waals surface area contributed by atoms with Crippen LogP contribution in [0.25, 0.3) is 0 Å². The van der Waals surface area contributed by atoms with Gasteiger partial charge in [0.2, 0.25) is 10.0 Å². The number of rotatable bonds is 13. The van der Waals surface area contributed by atoms with Gasteiger partial charge >= 0.3 is 6.18 Å². The third kappa shape index (κ3) is 8.85. The summed E-state index contributed by atoms with van der Waals surface area (Å²) in [5.74, 6) is 0.977. The first-order chi connectivity index (χ1) is 15.6. The molecule has 0 radical (unpaired) electrons. The molecule has 1 fully saturated rings. The lowest BCUT2D eigenvalue weighted by molar-refractivity contribution is -0.137. The van der Waals surface area contributed by atoms with Crippen molar-refractivity contribution in [2.75, 3.05) is 39.8 Å². The second-order valence-electron chi connectivity index (χ2n) is 9.20. The maximum atomic E-state index is 12.8. The van der Waals surface area contributed by atoms with Gasteiger partial charge in [-0.15, -0.1) is 0 Å². The van der Waals surface area contributed by atoms with Crippen molar-refractivity contribution in [2.24, 2.45) is 11.8 Å². The summed E-state index contributed by atoms with van der Waals surface area (Å²) in [4.78, 5) is 2.16. The standard InChI is InChI=1S/C24H39F3N2O3S/c1-3-29(17-18-30)16-6-4-5-7-20-8-10-21(11-9-20)19-28(2)33(31,32)23-14-12-22(13-15-23)24(25,26)27/h12-15,20-21,30H,3-11,16-19H2,1-2H3/t20-,21-. The molecule has 0 spiro atoms. The Morgan fingerprint density at radius 1 is 0.970 bits per heavy atom. The second kappa shape index (κ2) is 13.1. The zero-order valence-corrected chi connectivity index (χ0v) is 20.7. The van der Waals surface area contributed by atoms with Gasteiger partial charge in [0.25, 0.3) is 0 Å². The summed E-state index contributed by atoms with van der Waals surface area (Å²) >= 11 is 0. The van der Waals surface area contributed by atoms with Crippen molar-refractivity contribution in [2.45, 2.75) is 69.4 Å². The molecular weight excluding hydrogens is 453 g/mol. The first-order valence-corrected chi connectivity index (χ1v) is 13.5. The molecule has 2 rings (SSSR count). The van der Waals surface area contributed by atoms with Gasteiger partial charge in [-0.1, -0.05) is 39.0 Å². The third-order valence-electron chi connectivity index (χ3n) is 6.82. The first-order valence-electron chi connectivity index (χ1n) is 12.0. The highest BCUT2D eigenvalue weighted by Crippen LogP contribution is 2.34. The van der Waals surface area contributed by atoms with E-state index in [1.165, 1.54) is 30.6 Å². The maximum absolute atomic E-state index is 12.8. The van der Waals surface area contributed by atoms with E-state index in [4.69, 9.17) is 5.11 Å². The molecule has 1 aliphatic carbocycles. The summed E-state index contributed by atoms with van der Waals surface area (Å²) in [5.41, 5.74) is -0.852. The highest BCUT2D eigenvalue weighted by Gasteiger charge is 2.32. The quantitative estimate of drug-likeness (QED) is 0.394. The Labute approximate surface area is 197 Å². The molecular formula is C24H39F3N2O3S. The molecule has 0 aliphatic heterocycles. The average Bonchev–Trinajstić information content (AvgIpc) is 2.78. The molecule has 0 aromatic heterocycles. The lowest BCUT2D eigenvalue weighted by atomic mass is 9.80. The summed E-state index contributed by atoms with van der Waals surface area (Å²) in [6.07, 6.45) is 4.44. The summed E-state index contributed by atoms with van der Waals surface area (Å²) in [5, 5.41) is 9.04. The Hall–Kier alpha value is -1.16. The van der Waals surface area contributed by atoms with Crippen LogP contribution in [-0.4, -0.2) is 62.6 Å². The molecule has 1 aromatic carbocycles. The Kier molecular flexibility index (Phi) is 11.1. The fourth-order valence-corrected chi connectivity index (χ4v) is 5.92. The normalized spacial score (nSPS) is 20.0. The van der Waals surface area contributed by atoms with Crippen LogP contribution < -0.4 is 0 Å². The Bertz CT molecular complexity index is 792. The fraction of sp³-hybridized carbons (Fsp3) is 0.750. The van der Waals surface area contributed by atoms with E-state index in [2.05, 4.69) is 11.8 Å². The van der Waals surface area contributed by atoms with Gasteiger partial charge in [-0.25, -0.2) is 12.7 Å². The zero-order valence-electron chi connectivity index (χ0n) is 19.9. The monoisotopic (exact) mass is 492 g/mol. The zero-order chi connectivity index (χ0) is 24.5. The van der Waals surface area contributed by atoms with E-state index in [0.29, 0.717) is 12.5 Å². The SMILES string of the molecule is CCN(CCO)CCCCC[C@H]1CC[C@H](CN(C)S(=O)(=O)c2ccc(C(F)(F)F)cc2)CC1. The first kappa shape index (κ1) is 28.1. The van der Waals surface area contributed by atoms with Gasteiger partial charge in [-0.3, -0.25) is 0 Å². The fourth-order valence-electron chi connectivity index (χ4n) is 4.67. The molecule has 9 heteroatoms. The van der Waals surface area contributed by atoms with E-state index >= 15 is 0 Å². The summed E-state index contributed by atoms with van der Waals surface area (Å²) < 4.78 is 65.0. The third-order valence-corrected chi connectivity index (χ3v) is 8.66. The number of unbranched alkanes of at least 4 members (excludes halogenated alkanes) is 2. The van der Waals surface area contributed by atoms with Gasteiger partial charge in [0.1, 0.15) is 0 Å². The molecule has 0 atom stereocenters. The van der Waals surface area contributed by atoms with E-state index < -0.39 is 21.8 Å². The van der Waals surface area contributed by atoms with Crippen molar-refractivity contribution in [3.05, 3.63) is 29.8 Å². The van der Waals surface area contributed by atoms with E-state index in [0.717, 1.165) is 76.0 Å². The number of alkyl halides is 3. The van der Waals surface area contributed by atoms with Crippen LogP contribution in [0.15, 0.2) is 29.2 Å². The Morgan fingerprint density at radius 2 is 1.58 bits per heavy atom. The molecule has 33 heavy (non-hydrogen) atoms. The lowest BCUT2D eigenvalue weighted by Crippen LogP contribution is -2.33. The van der Waals surface area contributed by atoms with E-state index in [9.17, 15) is 21.6 Å². The highest BCUT2D eigenvalue weighted by atomic mass is 32.2. The van der Waals surface area contributed by atoms with E-state index in [1.807, 2.05) is 0 Å². The molecule has 0 bridgehead atoms. The van der Waals surface area contributed by atoms with Crippen LogP contribution in [0.2, 0.25) is 0 Å². The van der Waals surface area contributed by atoms with Crippen LogP contribution in [0.3, 0.4) is 0 Å². The number of aliphatic hydroxyl groups excluding tert-OH is 1. The van der Waals surface area contributed by atoms with E-state index in [1.54, 1.807) is 0 Å². The van der Waals surface area contributed by atoms with Gasteiger partial charge in [-0.05, 0) is 68.5 Å². The second-order valence-corrected chi connectivity index (χ2v) is 11.2. The van der Waals surface area contributed by atoms with Crippen LogP contribution in [0.4, 0.5) is 13.2 Å². The van der Waals surface area contributed by atoms with Gasteiger partial charge in [-0.2, -0.15) is 13.2 Å². The molecule has 0 saturated heterocycles. The number of halogens is 3. The number of likely N-dealkylation sites (N-methyl/N-ethyl adjacent to an activating group) is 1. The van der Waals surface area contributed by atoms with Crippen molar-refractivity contribution in [1.82, 2.24) is 9.21 Å². The molecule has 1 aliphatic rings. The summed E-state index contributed by atoms with van der Waals surface area (Å²) in [6.45, 7) is 5.45. The number of nitrogens with zero attached hydrogens (tertiary/aromatic N) is 2. The smallest absolute Gasteiger partial charge is 0.395 e. The molecule has 1 saturated carbocycles. The van der Waals surface area contributed by atoms with E-state index in [-0.39, 0.29) is 17.4 Å². The van der Waals surface area contributed by atoms with Crippen LogP contribution in [0, 0.1) is 11.8 Å². The number of sulfonamides is 1. The predicted molar refractivity (Wildman–Crippen MR) is 124 cm³/mol. The number of hydrogen-bond acceptors (Lipinski definition) is 4. The minimum Gasteiger partial charge on any atom is -0.395 e. The Balaban J connectivity index is 1.72. The number of aliphatic hydroxyl groups is 1. The summed E-state index contributed by atoms with van der Waals surface area (Å²) in [7, 11) is -2.29. The van der Waals surface area contributed by atoms with Gasteiger partial charge in [0, 0.05) is 20.1 Å². The maximum Gasteiger partial charge on any atom is 0.416 e. The van der Waals surface area contributed by atoms with Crippen LogP contribution >= 0.6 is 0 Å². The molecule has 5 nitrogen and oxygen atoms in total. The summed E-state index contributed by atoms with van der Waals surface area (Å²) in [6, 6.07) is 3.71. The van der Waals surface area contributed by atoms with Gasteiger partial charge in [0.15, 0.2) is 0 Å². The topological polar surface area (TPSA) is 60.9 Å². The van der Waals surface area contributed by atoms with Crippen molar-refractivity contribution >= 4 is 10.0 Å². The van der Waals surface area contributed by atoms with Crippen molar-refractivity contribution in [3.63, 3.8) is 0 Å². The minimum absolute atomic E-state index is 0.104. The van der Waals surface area contributed by atoms with Crippen LogP contribution in [0.1, 0.15) is 63.9 Å². The molecule has 1 N–H and O–H groups in total. The van der Waals surface area contributed by atoms with Crippen molar-refractivity contribution in [3.8, 4) is 0 Å². The molecule has 1 aromatic rings. The molecule has 0 amide bonds. The number of benzene rings is 1. The van der Waals surface area contributed by atoms with Gasteiger partial charge in [0.05, 0.1) is 17.1 Å². The predicted octanol–water partition coefficient (Wildman–Crippen LogP) is 5.01. The van der Waals surface area contributed by atoms with Crippen LogP contribution in [-0.2, 0) is 16.2 Å². The van der Waals surface area contributed by atoms with Gasteiger partial charge < -0.3 is 10.0 Å². The Morgan fingerprint density at radius 3 is 2.12 bits per heavy atom. The largest absolute Gasteiger partial charge is 0.416 e. The number of hydrogen-bond donors (Lipinski definition) is 1. The minimum atomic E-state index is -4.48. The lowest BCUT2D eigenvalue weighted by Gasteiger charge is -2.31. The van der Waals surface area contributed by atoms with Crippen LogP contribution in [0.5, 0.6) is 0 Å². The molecule has 0 unspecified atom stereocenters.